The molecule has 0 unspecified atom stereocenters. The molecule has 0 aromatic heterocycles. The van der Waals surface area contributed by atoms with Crippen LogP contribution in [-0.2, 0) is 13.1 Å². The van der Waals surface area contributed by atoms with Gasteiger partial charge in [0.2, 0.25) is 0 Å². The standard InChI is InChI=1S/C14H12ClF2N/c15-12-4-2-1-3-11(12)9-18-8-10-5-6-13(16)14(17)7-10/h1-7,18H,8-9H2. The van der Waals surface area contributed by atoms with Crippen LogP contribution in [0.2, 0.25) is 5.02 Å². The molecule has 0 atom stereocenters. The zero-order valence-corrected chi connectivity index (χ0v) is 10.3. The molecule has 4 heteroatoms. The Morgan fingerprint density at radius 3 is 2.44 bits per heavy atom. The van der Waals surface area contributed by atoms with Crippen LogP contribution in [0.4, 0.5) is 8.78 Å². The lowest BCUT2D eigenvalue weighted by Gasteiger charge is -2.07. The SMILES string of the molecule is Fc1ccc(CNCc2ccccc2Cl)cc1F. The second kappa shape index (κ2) is 5.94. The molecule has 0 saturated heterocycles. The first-order valence-corrected chi connectivity index (χ1v) is 5.92. The van der Waals surface area contributed by atoms with Crippen molar-refractivity contribution in [3.05, 3.63) is 70.2 Å². The Morgan fingerprint density at radius 1 is 0.944 bits per heavy atom. The summed E-state index contributed by atoms with van der Waals surface area (Å²) in [7, 11) is 0. The highest BCUT2D eigenvalue weighted by molar-refractivity contribution is 6.31. The molecule has 0 spiro atoms. The highest BCUT2D eigenvalue weighted by Crippen LogP contribution is 2.14. The van der Waals surface area contributed by atoms with Crippen molar-refractivity contribution in [3.63, 3.8) is 0 Å². The predicted molar refractivity (Wildman–Crippen MR) is 68.4 cm³/mol. The lowest BCUT2D eigenvalue weighted by molar-refractivity contribution is 0.506. The summed E-state index contributed by atoms with van der Waals surface area (Å²) in [6.07, 6.45) is 0. The van der Waals surface area contributed by atoms with Crippen molar-refractivity contribution >= 4 is 11.6 Å². The molecule has 0 amide bonds. The van der Waals surface area contributed by atoms with Gasteiger partial charge in [-0.05, 0) is 29.3 Å². The van der Waals surface area contributed by atoms with Gasteiger partial charge in [-0.3, -0.25) is 0 Å². The van der Waals surface area contributed by atoms with Crippen LogP contribution in [0.1, 0.15) is 11.1 Å². The van der Waals surface area contributed by atoms with E-state index in [0.29, 0.717) is 23.7 Å². The molecule has 0 aliphatic carbocycles. The van der Waals surface area contributed by atoms with Crippen LogP contribution < -0.4 is 5.32 Å². The molecule has 0 aliphatic heterocycles. The van der Waals surface area contributed by atoms with Crippen molar-refractivity contribution in [3.8, 4) is 0 Å². The first-order valence-electron chi connectivity index (χ1n) is 5.55. The van der Waals surface area contributed by atoms with Gasteiger partial charge in [0.15, 0.2) is 11.6 Å². The number of halogens is 3. The van der Waals surface area contributed by atoms with Gasteiger partial charge in [0, 0.05) is 18.1 Å². The van der Waals surface area contributed by atoms with Crippen LogP contribution >= 0.6 is 11.6 Å². The normalized spacial score (nSPS) is 10.6. The Labute approximate surface area is 109 Å². The van der Waals surface area contributed by atoms with E-state index < -0.39 is 11.6 Å². The second-order valence-corrected chi connectivity index (χ2v) is 4.35. The number of hydrogen-bond acceptors (Lipinski definition) is 1. The van der Waals surface area contributed by atoms with Crippen molar-refractivity contribution in [1.82, 2.24) is 5.32 Å². The fraction of sp³-hybridized carbons (Fsp3) is 0.143. The Kier molecular flexibility index (Phi) is 4.28. The first-order chi connectivity index (χ1) is 8.66. The topological polar surface area (TPSA) is 12.0 Å². The van der Waals surface area contributed by atoms with E-state index >= 15 is 0 Å². The third kappa shape index (κ3) is 3.28. The molecule has 0 saturated carbocycles. The molecule has 0 aliphatic rings. The summed E-state index contributed by atoms with van der Waals surface area (Å²) in [6, 6.07) is 11.4. The van der Waals surface area contributed by atoms with Crippen molar-refractivity contribution in [1.29, 1.82) is 0 Å². The summed E-state index contributed by atoms with van der Waals surface area (Å²) in [4.78, 5) is 0. The Morgan fingerprint density at radius 2 is 1.72 bits per heavy atom. The van der Waals surface area contributed by atoms with Gasteiger partial charge in [-0.25, -0.2) is 8.78 Å². The van der Waals surface area contributed by atoms with E-state index in [2.05, 4.69) is 5.32 Å². The quantitative estimate of drug-likeness (QED) is 0.886. The second-order valence-electron chi connectivity index (χ2n) is 3.94. The minimum absolute atomic E-state index is 0.461. The molecular weight excluding hydrogens is 256 g/mol. The van der Waals surface area contributed by atoms with E-state index in [1.165, 1.54) is 6.07 Å². The van der Waals surface area contributed by atoms with Crippen LogP contribution in [0.3, 0.4) is 0 Å². The zero-order chi connectivity index (χ0) is 13.0. The molecule has 94 valence electrons. The molecule has 18 heavy (non-hydrogen) atoms. The Bertz CT molecular complexity index is 543. The maximum absolute atomic E-state index is 13.0. The summed E-state index contributed by atoms with van der Waals surface area (Å²) in [6.45, 7) is 1.04. The molecule has 1 N–H and O–H groups in total. The summed E-state index contributed by atoms with van der Waals surface area (Å²) in [5, 5.41) is 3.82. The van der Waals surface area contributed by atoms with Crippen LogP contribution in [-0.4, -0.2) is 0 Å². The number of hydrogen-bond donors (Lipinski definition) is 1. The Balaban J connectivity index is 1.92. The number of benzene rings is 2. The van der Waals surface area contributed by atoms with E-state index in [9.17, 15) is 8.78 Å². The number of nitrogens with one attached hydrogen (secondary N) is 1. The van der Waals surface area contributed by atoms with Gasteiger partial charge in [-0.1, -0.05) is 35.9 Å². The van der Waals surface area contributed by atoms with Crippen molar-refractivity contribution in [2.24, 2.45) is 0 Å². The fourth-order valence-electron chi connectivity index (χ4n) is 1.63. The summed E-state index contributed by atoms with van der Waals surface area (Å²) >= 11 is 6.00. The van der Waals surface area contributed by atoms with E-state index in [1.807, 2.05) is 24.3 Å². The maximum atomic E-state index is 13.0. The molecule has 0 radical (unpaired) electrons. The molecule has 0 bridgehead atoms. The minimum Gasteiger partial charge on any atom is -0.309 e. The van der Waals surface area contributed by atoms with E-state index in [0.717, 1.165) is 11.6 Å². The molecule has 0 heterocycles. The van der Waals surface area contributed by atoms with E-state index in [4.69, 9.17) is 11.6 Å². The largest absolute Gasteiger partial charge is 0.309 e. The lowest BCUT2D eigenvalue weighted by atomic mass is 10.2. The van der Waals surface area contributed by atoms with Gasteiger partial charge in [0.25, 0.3) is 0 Å². The highest BCUT2D eigenvalue weighted by atomic mass is 35.5. The third-order valence-corrected chi connectivity index (χ3v) is 2.96. The molecule has 2 aromatic rings. The van der Waals surface area contributed by atoms with Crippen molar-refractivity contribution in [2.45, 2.75) is 13.1 Å². The highest BCUT2D eigenvalue weighted by Gasteiger charge is 2.03. The predicted octanol–water partition coefficient (Wildman–Crippen LogP) is 3.91. The van der Waals surface area contributed by atoms with Gasteiger partial charge >= 0.3 is 0 Å². The van der Waals surface area contributed by atoms with E-state index in [-0.39, 0.29) is 0 Å². The lowest BCUT2D eigenvalue weighted by Crippen LogP contribution is -2.13. The first kappa shape index (κ1) is 13.0. The monoisotopic (exact) mass is 267 g/mol. The maximum Gasteiger partial charge on any atom is 0.159 e. The van der Waals surface area contributed by atoms with Gasteiger partial charge in [0.05, 0.1) is 0 Å². The number of rotatable bonds is 4. The third-order valence-electron chi connectivity index (χ3n) is 2.59. The Hall–Kier alpha value is -1.45. The van der Waals surface area contributed by atoms with Gasteiger partial charge in [0.1, 0.15) is 0 Å². The van der Waals surface area contributed by atoms with Crippen LogP contribution in [0.25, 0.3) is 0 Å². The van der Waals surface area contributed by atoms with Crippen LogP contribution in [0, 0.1) is 11.6 Å². The summed E-state index contributed by atoms with van der Waals surface area (Å²) in [5.41, 5.74) is 1.67. The molecule has 0 fully saturated rings. The minimum atomic E-state index is -0.829. The molecule has 1 nitrogen and oxygen atoms in total. The molecule has 2 aromatic carbocycles. The molecule has 2 rings (SSSR count). The summed E-state index contributed by atoms with van der Waals surface area (Å²) < 4.78 is 25.7. The fourth-order valence-corrected chi connectivity index (χ4v) is 1.84. The average Bonchev–Trinajstić information content (AvgIpc) is 2.36. The van der Waals surface area contributed by atoms with E-state index in [1.54, 1.807) is 6.07 Å². The summed E-state index contributed by atoms with van der Waals surface area (Å²) in [5.74, 6) is -1.66. The average molecular weight is 268 g/mol. The van der Waals surface area contributed by atoms with Crippen molar-refractivity contribution in [2.75, 3.05) is 0 Å². The zero-order valence-electron chi connectivity index (χ0n) is 9.59. The molecular formula is C14H12ClF2N. The van der Waals surface area contributed by atoms with Gasteiger partial charge in [-0.2, -0.15) is 0 Å². The smallest absolute Gasteiger partial charge is 0.159 e. The van der Waals surface area contributed by atoms with Gasteiger partial charge in [-0.15, -0.1) is 0 Å². The van der Waals surface area contributed by atoms with Crippen molar-refractivity contribution < 1.29 is 8.78 Å². The van der Waals surface area contributed by atoms with Crippen LogP contribution in [0.5, 0.6) is 0 Å². The van der Waals surface area contributed by atoms with Crippen LogP contribution in [0.15, 0.2) is 42.5 Å². The van der Waals surface area contributed by atoms with Gasteiger partial charge < -0.3 is 5.32 Å².